The first kappa shape index (κ1) is 24.0. The molecule has 0 radical (unpaired) electrons. The molecule has 0 aliphatic heterocycles. The van der Waals surface area contributed by atoms with E-state index >= 15 is 0 Å². The molecule has 162 valence electrons. The largest absolute Gasteiger partial charge is 0.487 e. The molecule has 1 heterocycles. The fourth-order valence-electron chi connectivity index (χ4n) is 2.72. The van der Waals surface area contributed by atoms with E-state index in [2.05, 4.69) is 22.6 Å². The summed E-state index contributed by atoms with van der Waals surface area (Å²) in [5.74, 6) is 1.55. The molecule has 30 heavy (non-hydrogen) atoms. The highest BCUT2D eigenvalue weighted by molar-refractivity contribution is 6.31. The molecule has 3 rings (SSSR count). The molecule has 0 aliphatic carbocycles. The van der Waals surface area contributed by atoms with Crippen LogP contribution in [0.4, 0.5) is 0 Å². The van der Waals surface area contributed by atoms with E-state index in [1.54, 1.807) is 19.1 Å². The fraction of sp³-hybridized carbons (Fsp3) is 0.318. The summed E-state index contributed by atoms with van der Waals surface area (Å²) in [6.07, 6.45) is 0.277. The molecule has 0 aliphatic rings. The lowest BCUT2D eigenvalue weighted by Crippen LogP contribution is -2.32. The quantitative estimate of drug-likeness (QED) is 0.424. The number of hydrogen-bond donors (Lipinski definition) is 2. The number of rotatable bonds is 11. The van der Waals surface area contributed by atoms with E-state index in [-0.39, 0.29) is 25.6 Å². The van der Waals surface area contributed by atoms with E-state index in [1.807, 2.05) is 30.3 Å². The zero-order chi connectivity index (χ0) is 20.5. The molecule has 3 aromatic rings. The Balaban J connectivity index is 0.00000320. The molecule has 0 saturated carbocycles. The van der Waals surface area contributed by atoms with Crippen LogP contribution in [0.25, 0.3) is 0 Å². The first-order valence-corrected chi connectivity index (χ1v) is 9.89. The average Bonchev–Trinajstić information content (AvgIpc) is 3.07. The van der Waals surface area contributed by atoms with Crippen molar-refractivity contribution in [2.24, 2.45) is 0 Å². The van der Waals surface area contributed by atoms with Gasteiger partial charge in [-0.05, 0) is 37.6 Å². The maximum Gasteiger partial charge on any atom is 0.192 e. The number of nitrogens with zero attached hydrogens (tertiary/aromatic N) is 1. The lowest BCUT2D eigenvalue weighted by atomic mass is 10.1. The monoisotopic (exact) mass is 452 g/mol. The first-order valence-electron chi connectivity index (χ1n) is 9.51. The molecular weight excluding hydrogens is 427 g/mol. The second kappa shape index (κ2) is 12.4. The molecule has 8 heteroatoms. The van der Waals surface area contributed by atoms with Gasteiger partial charge in [0.2, 0.25) is 0 Å². The maximum atomic E-state index is 10.2. The first-order chi connectivity index (χ1) is 14.1. The average molecular weight is 453 g/mol. The smallest absolute Gasteiger partial charge is 0.192 e. The number of aryl methyl sites for hydroxylation is 1. The van der Waals surface area contributed by atoms with Crippen LogP contribution >= 0.6 is 24.0 Å². The van der Waals surface area contributed by atoms with E-state index in [0.717, 1.165) is 13.0 Å². The Bertz CT molecular complexity index is 890. The second-order valence-electron chi connectivity index (χ2n) is 6.65. The molecule has 0 saturated heterocycles. The third-order valence-corrected chi connectivity index (χ3v) is 4.79. The van der Waals surface area contributed by atoms with Crippen LogP contribution in [0, 0.1) is 6.92 Å². The zero-order valence-electron chi connectivity index (χ0n) is 16.7. The minimum Gasteiger partial charge on any atom is -0.487 e. The number of aliphatic hydroxyl groups excluding tert-OH is 1. The number of aliphatic hydroxyl groups is 1. The van der Waals surface area contributed by atoms with Gasteiger partial charge in [0.25, 0.3) is 0 Å². The Morgan fingerprint density at radius 1 is 1.07 bits per heavy atom. The Hall–Kier alpha value is -2.25. The SMILES string of the molecule is Cc1noc(COc2ccccc2OCC(O)CNCCc2ccccc2)c1Cl.Cl. The van der Waals surface area contributed by atoms with Crippen molar-refractivity contribution in [3.8, 4) is 11.5 Å². The third-order valence-electron chi connectivity index (χ3n) is 4.31. The van der Waals surface area contributed by atoms with Crippen molar-refractivity contribution >= 4 is 24.0 Å². The zero-order valence-corrected chi connectivity index (χ0v) is 18.3. The van der Waals surface area contributed by atoms with Crippen molar-refractivity contribution in [2.75, 3.05) is 19.7 Å². The number of aromatic nitrogens is 1. The van der Waals surface area contributed by atoms with Crippen LogP contribution in [0.2, 0.25) is 5.02 Å². The van der Waals surface area contributed by atoms with Crippen molar-refractivity contribution in [3.63, 3.8) is 0 Å². The van der Waals surface area contributed by atoms with E-state index in [0.29, 0.717) is 34.5 Å². The molecule has 1 unspecified atom stereocenters. The molecular formula is C22H26Cl2N2O4. The molecule has 0 spiro atoms. The highest BCUT2D eigenvalue weighted by Crippen LogP contribution is 2.29. The maximum absolute atomic E-state index is 10.2. The van der Waals surface area contributed by atoms with Crippen LogP contribution < -0.4 is 14.8 Å². The van der Waals surface area contributed by atoms with Crippen LogP contribution in [-0.2, 0) is 13.0 Å². The van der Waals surface area contributed by atoms with Gasteiger partial charge in [-0.25, -0.2) is 0 Å². The molecule has 0 amide bonds. The number of hydrogen-bond acceptors (Lipinski definition) is 6. The molecule has 2 aromatic carbocycles. The van der Waals surface area contributed by atoms with Crippen LogP contribution in [0.1, 0.15) is 17.0 Å². The summed E-state index contributed by atoms with van der Waals surface area (Å²) in [5.41, 5.74) is 1.89. The van der Waals surface area contributed by atoms with Gasteiger partial charge in [-0.3, -0.25) is 0 Å². The standard InChI is InChI=1S/C22H25ClN2O4.ClH/c1-16-22(23)21(29-25-16)15-28-20-10-6-5-9-19(20)27-14-18(26)13-24-12-11-17-7-3-2-4-8-17;/h2-10,18,24,26H,11-15H2,1H3;1H. The van der Waals surface area contributed by atoms with E-state index in [1.165, 1.54) is 5.56 Å². The van der Waals surface area contributed by atoms with Crippen molar-refractivity contribution < 1.29 is 19.1 Å². The number of ether oxygens (including phenoxy) is 2. The third kappa shape index (κ3) is 7.22. The van der Waals surface area contributed by atoms with Crippen LogP contribution in [0.5, 0.6) is 11.5 Å². The van der Waals surface area contributed by atoms with Crippen molar-refractivity contribution in [3.05, 3.63) is 76.6 Å². The predicted octanol–water partition coefficient (Wildman–Crippen LogP) is 4.21. The number of nitrogens with one attached hydrogen (secondary N) is 1. The molecule has 0 fully saturated rings. The summed E-state index contributed by atoms with van der Waals surface area (Å²) in [6.45, 7) is 3.30. The number of para-hydroxylation sites is 2. The van der Waals surface area contributed by atoms with Gasteiger partial charge < -0.3 is 24.4 Å². The summed E-state index contributed by atoms with van der Waals surface area (Å²) in [6, 6.07) is 17.5. The van der Waals surface area contributed by atoms with Crippen LogP contribution in [-0.4, -0.2) is 36.1 Å². The molecule has 0 bridgehead atoms. The highest BCUT2D eigenvalue weighted by Gasteiger charge is 2.13. The molecule has 1 aromatic heterocycles. The van der Waals surface area contributed by atoms with Gasteiger partial charge in [0, 0.05) is 6.54 Å². The minimum absolute atomic E-state index is 0. The van der Waals surface area contributed by atoms with E-state index in [4.69, 9.17) is 25.6 Å². The Labute approximate surface area is 187 Å². The van der Waals surface area contributed by atoms with Crippen LogP contribution in [0.15, 0.2) is 59.1 Å². The Morgan fingerprint density at radius 3 is 2.40 bits per heavy atom. The molecule has 6 nitrogen and oxygen atoms in total. The van der Waals surface area contributed by atoms with E-state index in [9.17, 15) is 5.11 Å². The summed E-state index contributed by atoms with van der Waals surface area (Å²) in [7, 11) is 0. The van der Waals surface area contributed by atoms with Crippen molar-refractivity contribution in [1.82, 2.24) is 10.5 Å². The van der Waals surface area contributed by atoms with Gasteiger partial charge in [0.1, 0.15) is 17.7 Å². The normalized spacial score (nSPS) is 11.6. The van der Waals surface area contributed by atoms with Gasteiger partial charge in [0.05, 0.1) is 5.69 Å². The highest BCUT2D eigenvalue weighted by atomic mass is 35.5. The number of halogens is 2. The van der Waals surface area contributed by atoms with Gasteiger partial charge in [-0.15, -0.1) is 12.4 Å². The van der Waals surface area contributed by atoms with Crippen LogP contribution in [0.3, 0.4) is 0 Å². The molecule has 2 N–H and O–H groups in total. The fourth-order valence-corrected chi connectivity index (χ4v) is 2.84. The number of benzene rings is 2. The molecule has 1 atom stereocenters. The van der Waals surface area contributed by atoms with Crippen molar-refractivity contribution in [1.29, 1.82) is 0 Å². The van der Waals surface area contributed by atoms with Crippen molar-refractivity contribution in [2.45, 2.75) is 26.1 Å². The predicted molar refractivity (Wildman–Crippen MR) is 119 cm³/mol. The Morgan fingerprint density at radius 2 is 1.73 bits per heavy atom. The second-order valence-corrected chi connectivity index (χ2v) is 7.02. The van der Waals surface area contributed by atoms with E-state index < -0.39 is 6.10 Å². The van der Waals surface area contributed by atoms with Gasteiger partial charge in [0.15, 0.2) is 23.9 Å². The van der Waals surface area contributed by atoms with Gasteiger partial charge in [-0.2, -0.15) is 0 Å². The minimum atomic E-state index is -0.634. The van der Waals surface area contributed by atoms with Gasteiger partial charge in [-0.1, -0.05) is 59.2 Å². The summed E-state index contributed by atoms with van der Waals surface area (Å²) < 4.78 is 16.6. The lowest BCUT2D eigenvalue weighted by Gasteiger charge is -2.15. The topological polar surface area (TPSA) is 76.8 Å². The van der Waals surface area contributed by atoms with Gasteiger partial charge >= 0.3 is 0 Å². The summed E-state index contributed by atoms with van der Waals surface area (Å²) >= 11 is 6.11. The summed E-state index contributed by atoms with van der Waals surface area (Å²) in [4.78, 5) is 0. The lowest BCUT2D eigenvalue weighted by molar-refractivity contribution is 0.103. The summed E-state index contributed by atoms with van der Waals surface area (Å²) in [5, 5.41) is 17.7. The Kier molecular flexibility index (Phi) is 9.97.